The van der Waals surface area contributed by atoms with Crippen LogP contribution in [-0.4, -0.2) is 79.3 Å². The number of carbonyl (C=O) groups excluding carboxylic acids is 3. The van der Waals surface area contributed by atoms with E-state index in [4.69, 9.17) is 4.74 Å². The van der Waals surface area contributed by atoms with Crippen molar-refractivity contribution in [3.8, 4) is 5.75 Å². The molecule has 1 aliphatic heterocycles. The summed E-state index contributed by atoms with van der Waals surface area (Å²) in [4.78, 5) is 41.7. The van der Waals surface area contributed by atoms with Gasteiger partial charge in [-0.15, -0.1) is 0 Å². The lowest BCUT2D eigenvalue weighted by Crippen LogP contribution is -2.61. The third kappa shape index (κ3) is 4.53. The highest BCUT2D eigenvalue weighted by molar-refractivity contribution is 5.89. The van der Waals surface area contributed by atoms with E-state index in [1.54, 1.807) is 31.0 Å². The highest BCUT2D eigenvalue weighted by Crippen LogP contribution is 2.20. The number of piperazine rings is 1. The molecule has 7 heteroatoms. The Labute approximate surface area is 154 Å². The van der Waals surface area contributed by atoms with Crippen LogP contribution in [0, 0.1) is 0 Å². The highest BCUT2D eigenvalue weighted by atomic mass is 16.5. The van der Waals surface area contributed by atoms with Crippen LogP contribution < -0.4 is 4.74 Å². The first-order valence-corrected chi connectivity index (χ1v) is 8.73. The van der Waals surface area contributed by atoms with E-state index in [1.165, 1.54) is 11.8 Å². The summed E-state index contributed by atoms with van der Waals surface area (Å²) in [7, 11) is 4.92. The number of carbonyl (C=O) groups is 3. The van der Waals surface area contributed by atoms with Crippen LogP contribution in [0.4, 0.5) is 0 Å². The maximum Gasteiger partial charge on any atom is 0.246 e. The predicted octanol–water partition coefficient (Wildman–Crippen LogP) is 0.775. The van der Waals surface area contributed by atoms with E-state index in [-0.39, 0.29) is 30.7 Å². The van der Waals surface area contributed by atoms with E-state index in [2.05, 4.69) is 0 Å². The van der Waals surface area contributed by atoms with Crippen molar-refractivity contribution in [1.29, 1.82) is 0 Å². The molecule has 0 spiro atoms. The Bertz CT molecular complexity index is 675. The van der Waals surface area contributed by atoms with Crippen molar-refractivity contribution < 1.29 is 19.1 Å². The van der Waals surface area contributed by atoms with Gasteiger partial charge in [0.15, 0.2) is 0 Å². The molecular weight excluding hydrogens is 334 g/mol. The average molecular weight is 361 g/mol. The van der Waals surface area contributed by atoms with Crippen LogP contribution in [0.2, 0.25) is 0 Å². The number of nitrogens with zero attached hydrogens (tertiary/aromatic N) is 3. The van der Waals surface area contributed by atoms with E-state index < -0.39 is 6.04 Å². The Hall–Kier alpha value is -2.57. The molecule has 0 bridgehead atoms. The van der Waals surface area contributed by atoms with Gasteiger partial charge in [0.25, 0.3) is 0 Å². The van der Waals surface area contributed by atoms with Gasteiger partial charge in [-0.05, 0) is 18.1 Å². The molecule has 0 saturated carbocycles. The number of methoxy groups -OCH3 is 1. The molecule has 1 heterocycles. The fraction of sp³-hybridized carbons (Fsp3) is 0.526. The Morgan fingerprint density at radius 1 is 1.19 bits per heavy atom. The molecule has 1 fully saturated rings. The van der Waals surface area contributed by atoms with E-state index >= 15 is 0 Å². The molecular formula is C19H27N3O4. The smallest absolute Gasteiger partial charge is 0.246 e. The van der Waals surface area contributed by atoms with E-state index in [9.17, 15) is 14.4 Å². The molecule has 1 aromatic rings. The first-order chi connectivity index (χ1) is 12.3. The van der Waals surface area contributed by atoms with Crippen LogP contribution >= 0.6 is 0 Å². The fourth-order valence-corrected chi connectivity index (χ4v) is 3.17. The van der Waals surface area contributed by atoms with Crippen molar-refractivity contribution in [2.24, 2.45) is 0 Å². The quantitative estimate of drug-likeness (QED) is 0.777. The lowest BCUT2D eigenvalue weighted by atomic mass is 10.1. The Morgan fingerprint density at radius 2 is 1.88 bits per heavy atom. The van der Waals surface area contributed by atoms with E-state index in [0.29, 0.717) is 19.5 Å². The largest absolute Gasteiger partial charge is 0.496 e. The van der Waals surface area contributed by atoms with Crippen molar-refractivity contribution in [3.05, 3.63) is 29.8 Å². The van der Waals surface area contributed by atoms with Gasteiger partial charge in [-0.1, -0.05) is 18.2 Å². The molecule has 0 aliphatic carbocycles. The Kier molecular flexibility index (Phi) is 6.60. The van der Waals surface area contributed by atoms with Crippen LogP contribution in [0.1, 0.15) is 18.9 Å². The summed E-state index contributed by atoms with van der Waals surface area (Å²) in [6.07, 6.45) is 0.830. The zero-order valence-corrected chi connectivity index (χ0v) is 15.9. The van der Waals surface area contributed by atoms with Gasteiger partial charge in [0, 0.05) is 40.5 Å². The van der Waals surface area contributed by atoms with Crippen LogP contribution in [0.3, 0.4) is 0 Å². The minimum Gasteiger partial charge on any atom is -0.496 e. The first kappa shape index (κ1) is 19.8. The molecule has 1 aliphatic rings. The van der Waals surface area contributed by atoms with Gasteiger partial charge in [0.1, 0.15) is 11.8 Å². The average Bonchev–Trinajstić information content (AvgIpc) is 2.64. The van der Waals surface area contributed by atoms with Crippen molar-refractivity contribution in [2.75, 3.05) is 40.8 Å². The number of hydrogen-bond donors (Lipinski definition) is 0. The minimum absolute atomic E-state index is 0.0809. The number of likely N-dealkylation sites (N-methyl/N-ethyl adjacent to an activating group) is 1. The van der Waals surface area contributed by atoms with Gasteiger partial charge in [-0.25, -0.2) is 0 Å². The Balaban J connectivity index is 2.09. The van der Waals surface area contributed by atoms with Gasteiger partial charge in [0.2, 0.25) is 17.7 Å². The van der Waals surface area contributed by atoms with Gasteiger partial charge < -0.3 is 19.4 Å². The summed E-state index contributed by atoms with van der Waals surface area (Å²) < 4.78 is 5.32. The van der Waals surface area contributed by atoms with Crippen molar-refractivity contribution >= 4 is 17.7 Å². The van der Waals surface area contributed by atoms with Gasteiger partial charge in [0.05, 0.1) is 13.7 Å². The number of ether oxygens (including phenoxy) is 1. The lowest BCUT2D eigenvalue weighted by Gasteiger charge is -2.41. The standard InChI is InChI=1S/C19H27N3O4/c1-14(23)21-11-12-22(16(13-21)19(25)20(2)3)18(24)10-9-15-7-5-6-8-17(15)26-4/h5-8,16H,9-13H2,1-4H3/t16-/m0/s1. The lowest BCUT2D eigenvalue weighted by molar-refractivity contribution is -0.151. The molecule has 7 nitrogen and oxygen atoms in total. The number of hydrogen-bond acceptors (Lipinski definition) is 4. The molecule has 1 saturated heterocycles. The summed E-state index contributed by atoms with van der Waals surface area (Å²) in [6.45, 7) is 2.55. The third-order valence-electron chi connectivity index (χ3n) is 4.67. The monoisotopic (exact) mass is 361 g/mol. The van der Waals surface area contributed by atoms with Crippen molar-refractivity contribution in [1.82, 2.24) is 14.7 Å². The van der Waals surface area contributed by atoms with Crippen LogP contribution in [0.25, 0.3) is 0 Å². The number of aryl methyl sites for hydroxylation is 1. The zero-order valence-electron chi connectivity index (χ0n) is 15.9. The van der Waals surface area contributed by atoms with Gasteiger partial charge >= 0.3 is 0 Å². The summed E-state index contributed by atoms with van der Waals surface area (Å²) in [5.74, 6) is 0.422. The zero-order chi connectivity index (χ0) is 19.3. The molecule has 0 N–H and O–H groups in total. The van der Waals surface area contributed by atoms with E-state index in [0.717, 1.165) is 11.3 Å². The number of rotatable bonds is 5. The second-order valence-electron chi connectivity index (χ2n) is 6.61. The summed E-state index contributed by atoms with van der Waals surface area (Å²) in [5.41, 5.74) is 0.959. The fourth-order valence-electron chi connectivity index (χ4n) is 3.17. The van der Waals surface area contributed by atoms with Crippen LogP contribution in [0.5, 0.6) is 5.75 Å². The predicted molar refractivity (Wildman–Crippen MR) is 97.8 cm³/mol. The summed E-state index contributed by atoms with van der Waals surface area (Å²) in [5, 5.41) is 0. The molecule has 26 heavy (non-hydrogen) atoms. The van der Waals surface area contributed by atoms with Crippen molar-refractivity contribution in [3.63, 3.8) is 0 Å². The molecule has 2 rings (SSSR count). The molecule has 0 aromatic heterocycles. The molecule has 1 atom stereocenters. The number of benzene rings is 1. The SMILES string of the molecule is COc1ccccc1CCC(=O)N1CCN(C(C)=O)C[C@H]1C(=O)N(C)C. The summed E-state index contributed by atoms with van der Waals surface area (Å²) in [6, 6.07) is 6.96. The minimum atomic E-state index is -0.632. The van der Waals surface area contributed by atoms with Gasteiger partial charge in [-0.2, -0.15) is 0 Å². The maximum absolute atomic E-state index is 12.8. The first-order valence-electron chi connectivity index (χ1n) is 8.73. The second-order valence-corrected chi connectivity index (χ2v) is 6.61. The third-order valence-corrected chi connectivity index (χ3v) is 4.67. The molecule has 3 amide bonds. The highest BCUT2D eigenvalue weighted by Gasteiger charge is 2.36. The number of para-hydroxylation sites is 1. The van der Waals surface area contributed by atoms with Crippen molar-refractivity contribution in [2.45, 2.75) is 25.8 Å². The normalized spacial score (nSPS) is 17.0. The maximum atomic E-state index is 12.8. The molecule has 1 aromatic carbocycles. The van der Waals surface area contributed by atoms with Crippen LogP contribution in [0.15, 0.2) is 24.3 Å². The summed E-state index contributed by atoms with van der Waals surface area (Å²) >= 11 is 0. The second kappa shape index (κ2) is 8.69. The van der Waals surface area contributed by atoms with Gasteiger partial charge in [-0.3, -0.25) is 14.4 Å². The topological polar surface area (TPSA) is 70.2 Å². The molecule has 142 valence electrons. The number of amides is 3. The Morgan fingerprint density at radius 3 is 2.50 bits per heavy atom. The van der Waals surface area contributed by atoms with E-state index in [1.807, 2.05) is 24.3 Å². The van der Waals surface area contributed by atoms with Crippen LogP contribution in [-0.2, 0) is 20.8 Å². The molecule has 0 radical (unpaired) electrons. The molecule has 0 unspecified atom stereocenters.